The fourth-order valence-corrected chi connectivity index (χ4v) is 1.30. The van der Waals surface area contributed by atoms with Crippen molar-refractivity contribution in [1.29, 1.82) is 5.26 Å². The molecule has 0 saturated carbocycles. The summed E-state index contributed by atoms with van der Waals surface area (Å²) < 4.78 is 43.2. The van der Waals surface area contributed by atoms with Crippen LogP contribution in [-0.2, 0) is 6.18 Å². The van der Waals surface area contributed by atoms with Crippen molar-refractivity contribution in [3.8, 4) is 11.8 Å². The van der Waals surface area contributed by atoms with Crippen LogP contribution in [0.5, 0.6) is 5.75 Å². The minimum Gasteiger partial charge on any atom is -0.475 e. The van der Waals surface area contributed by atoms with Gasteiger partial charge in [0, 0.05) is 5.56 Å². The van der Waals surface area contributed by atoms with Crippen LogP contribution in [0.15, 0.2) is 18.2 Å². The van der Waals surface area contributed by atoms with E-state index in [1.165, 1.54) is 6.07 Å². The Balaban J connectivity index is 3.19. The number of ether oxygens (including phenoxy) is 1. The zero-order valence-corrected chi connectivity index (χ0v) is 9.49. The number of nitrogens with zero attached hydrogens (tertiary/aromatic N) is 1. The van der Waals surface area contributed by atoms with Crippen LogP contribution >= 0.6 is 0 Å². The molecule has 1 atom stereocenters. The van der Waals surface area contributed by atoms with Gasteiger partial charge in [-0.3, -0.25) is 4.79 Å². The molecule has 0 aliphatic rings. The number of hydrogen-bond acceptors (Lipinski definition) is 3. The maximum Gasteiger partial charge on any atom is 0.419 e. The van der Waals surface area contributed by atoms with Crippen molar-refractivity contribution in [2.24, 2.45) is 0 Å². The number of carbonyl (C=O) groups excluding carboxylic acids is 1. The van der Waals surface area contributed by atoms with Crippen LogP contribution < -0.4 is 4.74 Å². The summed E-state index contributed by atoms with van der Waals surface area (Å²) in [5.74, 6) is -0.443. The monoisotopic (exact) mass is 257 g/mol. The van der Waals surface area contributed by atoms with E-state index in [1.807, 2.05) is 0 Å². The zero-order chi connectivity index (χ0) is 13.8. The summed E-state index contributed by atoms with van der Waals surface area (Å²) in [6.45, 7) is 1.63. The molecule has 18 heavy (non-hydrogen) atoms. The van der Waals surface area contributed by atoms with Crippen LogP contribution in [0.1, 0.15) is 29.3 Å². The Labute approximate surface area is 102 Å². The SMILES string of the molecule is CCC(C#N)Oc1ccc(C=O)cc1C(F)(F)F. The molecule has 0 radical (unpaired) electrons. The van der Waals surface area contributed by atoms with Crippen molar-refractivity contribution in [3.05, 3.63) is 29.3 Å². The van der Waals surface area contributed by atoms with Gasteiger partial charge in [-0.25, -0.2) is 0 Å². The average Bonchev–Trinajstić information content (AvgIpc) is 2.34. The molecular weight excluding hydrogens is 247 g/mol. The summed E-state index contributed by atoms with van der Waals surface area (Å²) in [6, 6.07) is 4.71. The Morgan fingerprint density at radius 3 is 2.61 bits per heavy atom. The number of alkyl halides is 3. The van der Waals surface area contributed by atoms with Crippen molar-refractivity contribution in [1.82, 2.24) is 0 Å². The van der Waals surface area contributed by atoms with Gasteiger partial charge in [-0.15, -0.1) is 0 Å². The Bertz CT molecular complexity index is 477. The molecule has 0 bridgehead atoms. The molecule has 3 nitrogen and oxygen atoms in total. The third-order valence-electron chi connectivity index (χ3n) is 2.23. The van der Waals surface area contributed by atoms with E-state index in [-0.39, 0.29) is 12.0 Å². The number of halogens is 3. The average molecular weight is 257 g/mol. The molecule has 0 aliphatic carbocycles. The van der Waals surface area contributed by atoms with Gasteiger partial charge < -0.3 is 4.74 Å². The maximum atomic E-state index is 12.7. The van der Waals surface area contributed by atoms with Crippen molar-refractivity contribution < 1.29 is 22.7 Å². The van der Waals surface area contributed by atoms with Crippen LogP contribution in [0.25, 0.3) is 0 Å². The molecule has 0 aromatic heterocycles. The summed E-state index contributed by atoms with van der Waals surface area (Å²) in [5, 5.41) is 8.67. The number of nitriles is 1. The van der Waals surface area contributed by atoms with Crippen LogP contribution in [0.4, 0.5) is 13.2 Å². The highest BCUT2D eigenvalue weighted by Gasteiger charge is 2.35. The fraction of sp³-hybridized carbons (Fsp3) is 0.333. The van der Waals surface area contributed by atoms with E-state index >= 15 is 0 Å². The second kappa shape index (κ2) is 5.54. The highest BCUT2D eigenvalue weighted by atomic mass is 19.4. The topological polar surface area (TPSA) is 50.1 Å². The molecule has 0 heterocycles. The lowest BCUT2D eigenvalue weighted by atomic mass is 10.1. The molecule has 1 rings (SSSR count). The van der Waals surface area contributed by atoms with E-state index in [9.17, 15) is 18.0 Å². The van der Waals surface area contributed by atoms with E-state index in [0.29, 0.717) is 12.4 Å². The van der Waals surface area contributed by atoms with Crippen molar-refractivity contribution >= 4 is 6.29 Å². The largest absolute Gasteiger partial charge is 0.475 e. The standard InChI is InChI=1S/C12H10F3NO2/c1-2-9(6-16)18-11-4-3-8(7-17)5-10(11)12(13,14)15/h3-5,7,9H,2H2,1H3. The molecule has 0 amide bonds. The van der Waals surface area contributed by atoms with Crippen LogP contribution in [0.2, 0.25) is 0 Å². The first-order valence-electron chi connectivity index (χ1n) is 5.15. The van der Waals surface area contributed by atoms with Gasteiger partial charge in [0.05, 0.1) is 5.56 Å². The summed E-state index contributed by atoms with van der Waals surface area (Å²) in [7, 11) is 0. The lowest BCUT2D eigenvalue weighted by molar-refractivity contribution is -0.139. The van der Waals surface area contributed by atoms with Crippen LogP contribution in [0.3, 0.4) is 0 Å². The molecule has 0 spiro atoms. The molecule has 0 fully saturated rings. The molecule has 0 aliphatic heterocycles. The second-order valence-corrected chi connectivity index (χ2v) is 3.52. The predicted molar refractivity (Wildman–Crippen MR) is 57.2 cm³/mol. The predicted octanol–water partition coefficient (Wildman–Crippen LogP) is 3.20. The summed E-state index contributed by atoms with van der Waals surface area (Å²) in [5.41, 5.74) is -1.15. The van der Waals surface area contributed by atoms with Gasteiger partial charge in [-0.1, -0.05) is 6.92 Å². The summed E-state index contributed by atoms with van der Waals surface area (Å²) in [4.78, 5) is 10.5. The maximum absolute atomic E-state index is 12.7. The lowest BCUT2D eigenvalue weighted by Gasteiger charge is -2.16. The molecule has 0 N–H and O–H groups in total. The molecule has 1 unspecified atom stereocenters. The Kier molecular flexibility index (Phi) is 4.32. The van der Waals surface area contributed by atoms with Crippen LogP contribution in [0, 0.1) is 11.3 Å². The lowest BCUT2D eigenvalue weighted by Crippen LogP contribution is -2.16. The Hall–Kier alpha value is -2.03. The smallest absolute Gasteiger partial charge is 0.419 e. The first-order chi connectivity index (χ1) is 8.42. The van der Waals surface area contributed by atoms with Gasteiger partial charge in [0.1, 0.15) is 18.1 Å². The van der Waals surface area contributed by atoms with Gasteiger partial charge in [0.2, 0.25) is 0 Å². The van der Waals surface area contributed by atoms with E-state index in [0.717, 1.165) is 6.07 Å². The van der Waals surface area contributed by atoms with E-state index < -0.39 is 23.6 Å². The van der Waals surface area contributed by atoms with Gasteiger partial charge in [0.25, 0.3) is 0 Å². The third-order valence-corrected chi connectivity index (χ3v) is 2.23. The molecule has 0 saturated heterocycles. The minimum absolute atomic E-state index is 0.0975. The first-order valence-corrected chi connectivity index (χ1v) is 5.15. The van der Waals surface area contributed by atoms with E-state index in [4.69, 9.17) is 10.00 Å². The van der Waals surface area contributed by atoms with Gasteiger partial charge in [-0.2, -0.15) is 18.4 Å². The van der Waals surface area contributed by atoms with Crippen LogP contribution in [-0.4, -0.2) is 12.4 Å². The quantitative estimate of drug-likeness (QED) is 0.778. The van der Waals surface area contributed by atoms with Crippen molar-refractivity contribution in [2.45, 2.75) is 25.6 Å². The highest BCUT2D eigenvalue weighted by Crippen LogP contribution is 2.37. The number of benzene rings is 1. The van der Waals surface area contributed by atoms with Gasteiger partial charge in [-0.05, 0) is 24.6 Å². The van der Waals surface area contributed by atoms with Gasteiger partial charge in [0.15, 0.2) is 6.10 Å². The fourth-order valence-electron chi connectivity index (χ4n) is 1.30. The number of hydrogen-bond donors (Lipinski definition) is 0. The Morgan fingerprint density at radius 2 is 2.17 bits per heavy atom. The zero-order valence-electron chi connectivity index (χ0n) is 9.49. The first kappa shape index (κ1) is 14.0. The Morgan fingerprint density at radius 1 is 1.50 bits per heavy atom. The van der Waals surface area contributed by atoms with Crippen molar-refractivity contribution in [3.63, 3.8) is 0 Å². The minimum atomic E-state index is -4.64. The normalized spacial score (nSPS) is 12.6. The number of carbonyl (C=O) groups is 1. The van der Waals surface area contributed by atoms with Gasteiger partial charge >= 0.3 is 6.18 Å². The molecule has 6 heteroatoms. The number of aldehydes is 1. The molecular formula is C12H10F3NO2. The van der Waals surface area contributed by atoms with Crippen molar-refractivity contribution in [2.75, 3.05) is 0 Å². The van der Waals surface area contributed by atoms with E-state index in [2.05, 4.69) is 0 Å². The summed E-state index contributed by atoms with van der Waals surface area (Å²) in [6.07, 6.45) is -5.00. The highest BCUT2D eigenvalue weighted by molar-refractivity contribution is 5.75. The molecule has 96 valence electrons. The number of rotatable bonds is 4. The molecule has 1 aromatic carbocycles. The summed E-state index contributed by atoms with van der Waals surface area (Å²) >= 11 is 0. The third kappa shape index (κ3) is 3.23. The van der Waals surface area contributed by atoms with E-state index in [1.54, 1.807) is 13.0 Å². The second-order valence-electron chi connectivity index (χ2n) is 3.52. The molecule has 1 aromatic rings.